The van der Waals surface area contributed by atoms with Gasteiger partial charge in [-0.2, -0.15) is 0 Å². The first-order valence-electron chi connectivity index (χ1n) is 10.1. The van der Waals surface area contributed by atoms with Crippen LogP contribution in [0.15, 0.2) is 52.3 Å². The molecule has 5 rings (SSSR count). The number of aromatic nitrogens is 1. The average molecular weight is 422 g/mol. The molecule has 1 atom stereocenters. The van der Waals surface area contributed by atoms with Crippen LogP contribution in [0.1, 0.15) is 41.5 Å². The van der Waals surface area contributed by atoms with E-state index in [1.165, 1.54) is 18.2 Å². The lowest BCUT2D eigenvalue weighted by Gasteiger charge is -2.17. The van der Waals surface area contributed by atoms with Gasteiger partial charge in [0.1, 0.15) is 11.8 Å². The normalized spacial score (nSPS) is 17.7. The molecule has 2 aromatic carbocycles. The summed E-state index contributed by atoms with van der Waals surface area (Å²) in [5, 5.41) is 3.24. The lowest BCUT2D eigenvalue weighted by atomic mass is 9.96. The summed E-state index contributed by atoms with van der Waals surface area (Å²) in [7, 11) is 3.05. The number of pyridine rings is 1. The summed E-state index contributed by atoms with van der Waals surface area (Å²) >= 11 is 1.61. The van der Waals surface area contributed by atoms with Crippen molar-refractivity contribution in [2.45, 2.75) is 36.2 Å². The molecule has 1 aromatic heterocycles. The van der Waals surface area contributed by atoms with E-state index in [0.717, 1.165) is 40.0 Å². The molecule has 154 valence electrons. The first-order chi connectivity index (χ1) is 14.6. The number of fused-ring (bicyclic) bond motifs is 2. The monoisotopic (exact) mass is 421 g/mol. The van der Waals surface area contributed by atoms with Gasteiger partial charge < -0.3 is 9.47 Å². The molecular weight excluding hydrogens is 398 g/mol. The van der Waals surface area contributed by atoms with E-state index < -0.39 is 6.04 Å². The average Bonchev–Trinajstić information content (AvgIpc) is 3.49. The Bertz CT molecular complexity index is 1210. The van der Waals surface area contributed by atoms with Crippen LogP contribution >= 0.6 is 11.8 Å². The van der Waals surface area contributed by atoms with Gasteiger partial charge in [-0.25, -0.2) is 4.79 Å². The summed E-state index contributed by atoms with van der Waals surface area (Å²) < 4.78 is 11.9. The van der Waals surface area contributed by atoms with Crippen LogP contribution in [0, 0.1) is 0 Å². The fourth-order valence-corrected chi connectivity index (χ4v) is 5.74. The van der Waals surface area contributed by atoms with Gasteiger partial charge in [-0.3, -0.25) is 9.36 Å². The van der Waals surface area contributed by atoms with Crippen LogP contribution < -0.4 is 10.3 Å². The second-order valence-electron chi connectivity index (χ2n) is 7.95. The van der Waals surface area contributed by atoms with E-state index in [-0.39, 0.29) is 11.5 Å². The van der Waals surface area contributed by atoms with Gasteiger partial charge in [-0.15, -0.1) is 11.8 Å². The van der Waals surface area contributed by atoms with Gasteiger partial charge in [-0.05, 0) is 64.8 Å². The van der Waals surface area contributed by atoms with Gasteiger partial charge in [-0.1, -0.05) is 24.3 Å². The SMILES string of the molecule is COC(=O)[C@@H]1CSc2c(C3CC3)c(Cc3ccc4cc(OC)ccc4c3)cc(=O)n21. The lowest BCUT2D eigenvalue weighted by molar-refractivity contribution is -0.143. The third-order valence-corrected chi connectivity index (χ3v) is 7.16. The zero-order chi connectivity index (χ0) is 20.8. The first-order valence-corrected chi connectivity index (χ1v) is 11.1. The van der Waals surface area contributed by atoms with Crippen molar-refractivity contribution in [3.05, 3.63) is 69.5 Å². The Morgan fingerprint density at radius 1 is 1.10 bits per heavy atom. The van der Waals surface area contributed by atoms with Gasteiger partial charge in [0, 0.05) is 11.8 Å². The molecule has 0 radical (unpaired) electrons. The molecule has 0 spiro atoms. The molecule has 0 saturated heterocycles. The van der Waals surface area contributed by atoms with Crippen LogP contribution in [0.5, 0.6) is 5.75 Å². The van der Waals surface area contributed by atoms with E-state index >= 15 is 0 Å². The Balaban J connectivity index is 1.55. The van der Waals surface area contributed by atoms with Gasteiger partial charge in [0.25, 0.3) is 5.56 Å². The van der Waals surface area contributed by atoms with Crippen molar-refractivity contribution in [2.75, 3.05) is 20.0 Å². The quantitative estimate of drug-likeness (QED) is 0.575. The number of hydrogen-bond donors (Lipinski definition) is 0. The van der Waals surface area contributed by atoms with E-state index in [0.29, 0.717) is 18.1 Å². The standard InChI is InChI=1S/C24H23NO4S/c1-28-19-8-7-16-9-14(3-4-17(16)11-19)10-18-12-21(26)25-20(24(27)29-2)13-30-23(25)22(18)15-5-6-15/h3-4,7-9,11-12,15,20H,5-6,10,13H2,1-2H3/t20-/m0/s1. The van der Waals surface area contributed by atoms with Crippen molar-refractivity contribution in [1.82, 2.24) is 4.57 Å². The highest BCUT2D eigenvalue weighted by atomic mass is 32.2. The summed E-state index contributed by atoms with van der Waals surface area (Å²) in [5.74, 6) is 1.54. The van der Waals surface area contributed by atoms with Crippen LogP contribution in [0.2, 0.25) is 0 Å². The molecule has 0 bridgehead atoms. The van der Waals surface area contributed by atoms with E-state index in [9.17, 15) is 9.59 Å². The van der Waals surface area contributed by atoms with Crippen LogP contribution in [-0.2, 0) is 16.0 Å². The molecule has 5 nitrogen and oxygen atoms in total. The van der Waals surface area contributed by atoms with Crippen LogP contribution in [0.4, 0.5) is 0 Å². The molecule has 6 heteroatoms. The van der Waals surface area contributed by atoms with Crippen molar-refractivity contribution in [3.8, 4) is 5.75 Å². The van der Waals surface area contributed by atoms with E-state index in [1.807, 2.05) is 12.1 Å². The third kappa shape index (κ3) is 3.29. The summed E-state index contributed by atoms with van der Waals surface area (Å²) in [6.07, 6.45) is 2.98. The highest BCUT2D eigenvalue weighted by Gasteiger charge is 2.38. The molecule has 2 heterocycles. The zero-order valence-electron chi connectivity index (χ0n) is 17.0. The van der Waals surface area contributed by atoms with Crippen LogP contribution in [-0.4, -0.2) is 30.5 Å². The molecule has 0 amide bonds. The minimum atomic E-state index is -0.523. The van der Waals surface area contributed by atoms with E-state index in [4.69, 9.17) is 9.47 Å². The maximum absolute atomic E-state index is 13.0. The Morgan fingerprint density at radius 2 is 1.87 bits per heavy atom. The smallest absolute Gasteiger partial charge is 0.329 e. The number of thioether (sulfide) groups is 1. The number of hydrogen-bond acceptors (Lipinski definition) is 5. The number of esters is 1. The summed E-state index contributed by atoms with van der Waals surface area (Å²) in [4.78, 5) is 25.1. The Hall–Kier alpha value is -2.73. The Morgan fingerprint density at radius 3 is 2.60 bits per heavy atom. The largest absolute Gasteiger partial charge is 0.497 e. The Kier molecular flexibility index (Phi) is 4.82. The molecule has 0 unspecified atom stereocenters. The molecule has 30 heavy (non-hydrogen) atoms. The minimum Gasteiger partial charge on any atom is -0.497 e. The van der Waals surface area contributed by atoms with Crippen LogP contribution in [0.25, 0.3) is 10.8 Å². The van der Waals surface area contributed by atoms with Crippen LogP contribution in [0.3, 0.4) is 0 Å². The summed E-state index contributed by atoms with van der Waals surface area (Å²) in [6.45, 7) is 0. The number of ether oxygens (including phenoxy) is 2. The molecule has 3 aromatic rings. The van der Waals surface area contributed by atoms with E-state index in [1.54, 1.807) is 29.5 Å². The number of nitrogens with zero attached hydrogens (tertiary/aromatic N) is 1. The van der Waals surface area contributed by atoms with Crippen molar-refractivity contribution >= 4 is 28.5 Å². The molecule has 1 aliphatic carbocycles. The number of methoxy groups -OCH3 is 2. The third-order valence-electron chi connectivity index (χ3n) is 5.99. The van der Waals surface area contributed by atoms with Crippen molar-refractivity contribution < 1.29 is 14.3 Å². The topological polar surface area (TPSA) is 57.5 Å². The van der Waals surface area contributed by atoms with Crippen molar-refractivity contribution in [2.24, 2.45) is 0 Å². The first kappa shape index (κ1) is 19.2. The Labute approximate surface area is 179 Å². The highest BCUT2D eigenvalue weighted by Crippen LogP contribution is 2.48. The number of rotatable bonds is 5. The fourth-order valence-electron chi connectivity index (χ4n) is 4.33. The zero-order valence-corrected chi connectivity index (χ0v) is 17.8. The molecule has 1 fully saturated rings. The summed E-state index contributed by atoms with van der Waals surface area (Å²) in [6, 6.07) is 13.7. The fraction of sp³-hybridized carbons (Fsp3) is 0.333. The predicted octanol–water partition coefficient (Wildman–Crippen LogP) is 4.30. The molecule has 1 saturated carbocycles. The maximum Gasteiger partial charge on any atom is 0.329 e. The van der Waals surface area contributed by atoms with Crippen molar-refractivity contribution in [1.29, 1.82) is 0 Å². The number of benzene rings is 2. The van der Waals surface area contributed by atoms with Gasteiger partial charge in [0.05, 0.1) is 19.2 Å². The molecule has 1 aliphatic heterocycles. The molecular formula is C24H23NO4S. The highest BCUT2D eigenvalue weighted by molar-refractivity contribution is 7.99. The second kappa shape index (κ2) is 7.51. The number of carbonyl (C=O) groups is 1. The number of carbonyl (C=O) groups excluding carboxylic acids is 1. The second-order valence-corrected chi connectivity index (χ2v) is 8.95. The minimum absolute atomic E-state index is 0.115. The van der Waals surface area contributed by atoms with Gasteiger partial charge >= 0.3 is 5.97 Å². The van der Waals surface area contributed by atoms with Crippen molar-refractivity contribution in [3.63, 3.8) is 0 Å². The summed E-state index contributed by atoms with van der Waals surface area (Å²) in [5.41, 5.74) is 3.39. The van der Waals surface area contributed by atoms with E-state index in [2.05, 4.69) is 24.3 Å². The molecule has 0 N–H and O–H groups in total. The predicted molar refractivity (Wildman–Crippen MR) is 118 cm³/mol. The maximum atomic E-state index is 13.0. The lowest BCUT2D eigenvalue weighted by Crippen LogP contribution is -2.30. The van der Waals surface area contributed by atoms with Gasteiger partial charge in [0.2, 0.25) is 0 Å². The van der Waals surface area contributed by atoms with Gasteiger partial charge in [0.15, 0.2) is 0 Å². The molecule has 2 aliphatic rings.